The molecule has 0 spiro atoms. The van der Waals surface area contributed by atoms with E-state index in [2.05, 4.69) is 69.8 Å². The van der Waals surface area contributed by atoms with Crippen molar-refractivity contribution < 1.29 is 0 Å². The van der Waals surface area contributed by atoms with E-state index in [9.17, 15) is 0 Å². The molecule has 0 aromatic rings. The van der Waals surface area contributed by atoms with E-state index in [1.165, 1.54) is 30.7 Å². The van der Waals surface area contributed by atoms with Crippen LogP contribution in [0.4, 0.5) is 0 Å². The van der Waals surface area contributed by atoms with Crippen LogP contribution in [0, 0.1) is 5.92 Å². The SMILES string of the molecule is C=C1C=CC=CN1/C(NC(CC)CCCC)=C(\C)C(C)CC. The molecule has 2 nitrogen and oxygen atoms in total. The summed E-state index contributed by atoms with van der Waals surface area (Å²) in [6.45, 7) is 15.5. The van der Waals surface area contributed by atoms with Gasteiger partial charge in [-0.1, -0.05) is 53.2 Å². The maximum absolute atomic E-state index is 4.19. The van der Waals surface area contributed by atoms with Crippen molar-refractivity contribution in [3.05, 3.63) is 48.1 Å². The number of rotatable bonds is 9. The zero-order chi connectivity index (χ0) is 16.5. The van der Waals surface area contributed by atoms with Crippen molar-refractivity contribution in [3.63, 3.8) is 0 Å². The van der Waals surface area contributed by atoms with Crippen molar-refractivity contribution in [2.24, 2.45) is 5.92 Å². The van der Waals surface area contributed by atoms with Crippen LogP contribution in [0.1, 0.15) is 66.7 Å². The van der Waals surface area contributed by atoms with Gasteiger partial charge in [0.15, 0.2) is 0 Å². The number of hydrogen-bond acceptors (Lipinski definition) is 2. The van der Waals surface area contributed by atoms with Gasteiger partial charge in [-0.3, -0.25) is 0 Å². The zero-order valence-corrected chi connectivity index (χ0v) is 15.2. The van der Waals surface area contributed by atoms with Crippen molar-refractivity contribution in [2.75, 3.05) is 0 Å². The van der Waals surface area contributed by atoms with Crippen molar-refractivity contribution in [2.45, 2.75) is 72.8 Å². The van der Waals surface area contributed by atoms with E-state index >= 15 is 0 Å². The molecular weight excluding hydrogens is 268 g/mol. The fraction of sp³-hybridized carbons (Fsp3) is 0.600. The number of nitrogens with zero attached hydrogens (tertiary/aromatic N) is 1. The van der Waals surface area contributed by atoms with Crippen molar-refractivity contribution in [1.29, 1.82) is 0 Å². The summed E-state index contributed by atoms with van der Waals surface area (Å²) < 4.78 is 0. The largest absolute Gasteiger partial charge is 0.369 e. The summed E-state index contributed by atoms with van der Waals surface area (Å²) in [6.07, 6.45) is 14.4. The third-order valence-corrected chi connectivity index (χ3v) is 4.65. The quantitative estimate of drug-likeness (QED) is 0.586. The molecule has 0 bridgehead atoms. The highest BCUT2D eigenvalue weighted by Gasteiger charge is 2.19. The monoisotopic (exact) mass is 302 g/mol. The third-order valence-electron chi connectivity index (χ3n) is 4.65. The van der Waals surface area contributed by atoms with Gasteiger partial charge in [-0.2, -0.15) is 0 Å². The van der Waals surface area contributed by atoms with Crippen LogP contribution in [0.2, 0.25) is 0 Å². The molecule has 124 valence electrons. The Kier molecular flexibility index (Phi) is 8.08. The fourth-order valence-electron chi connectivity index (χ4n) is 2.63. The summed E-state index contributed by atoms with van der Waals surface area (Å²) in [7, 11) is 0. The van der Waals surface area contributed by atoms with Crippen LogP contribution in [0.15, 0.2) is 48.1 Å². The first kappa shape index (κ1) is 18.6. The molecule has 0 aromatic carbocycles. The van der Waals surface area contributed by atoms with Crippen LogP contribution >= 0.6 is 0 Å². The fourth-order valence-corrected chi connectivity index (χ4v) is 2.63. The van der Waals surface area contributed by atoms with Crippen molar-refractivity contribution >= 4 is 0 Å². The smallest absolute Gasteiger partial charge is 0.109 e. The highest BCUT2D eigenvalue weighted by molar-refractivity contribution is 5.32. The van der Waals surface area contributed by atoms with Crippen LogP contribution in [0.3, 0.4) is 0 Å². The van der Waals surface area contributed by atoms with E-state index in [4.69, 9.17) is 0 Å². The minimum atomic E-state index is 0.529. The molecule has 22 heavy (non-hydrogen) atoms. The standard InChI is InChI=1S/C20H34N2/c1-7-10-14-19(9-3)21-20(18(6)16(4)8-2)22-15-12-11-13-17(22)5/h11-13,15-16,19,21H,5,7-10,14H2,1-4,6H3/b20-18+. The van der Waals surface area contributed by atoms with Gasteiger partial charge < -0.3 is 10.2 Å². The van der Waals surface area contributed by atoms with Crippen molar-refractivity contribution in [3.8, 4) is 0 Å². The van der Waals surface area contributed by atoms with Crippen LogP contribution in [0.5, 0.6) is 0 Å². The molecule has 2 heteroatoms. The van der Waals surface area contributed by atoms with E-state index < -0.39 is 0 Å². The first-order chi connectivity index (χ1) is 10.5. The minimum Gasteiger partial charge on any atom is -0.369 e. The lowest BCUT2D eigenvalue weighted by molar-refractivity contribution is 0.414. The Morgan fingerprint density at radius 3 is 2.50 bits per heavy atom. The van der Waals surface area contributed by atoms with E-state index in [1.807, 2.05) is 6.08 Å². The molecule has 0 saturated heterocycles. The summed E-state index contributed by atoms with van der Waals surface area (Å²) in [5.74, 6) is 1.79. The first-order valence-electron chi connectivity index (χ1n) is 8.85. The highest BCUT2D eigenvalue weighted by atomic mass is 15.2. The number of nitrogens with one attached hydrogen (secondary N) is 1. The van der Waals surface area contributed by atoms with Crippen molar-refractivity contribution in [1.82, 2.24) is 10.2 Å². The Labute approximate surface area is 137 Å². The second kappa shape index (κ2) is 9.55. The van der Waals surface area contributed by atoms with Gasteiger partial charge in [-0.05, 0) is 49.8 Å². The van der Waals surface area contributed by atoms with Gasteiger partial charge in [0.1, 0.15) is 5.82 Å². The van der Waals surface area contributed by atoms with Crippen LogP contribution < -0.4 is 5.32 Å². The van der Waals surface area contributed by atoms with E-state index in [0.29, 0.717) is 12.0 Å². The normalized spacial score (nSPS) is 18.2. The summed E-state index contributed by atoms with van der Waals surface area (Å²) >= 11 is 0. The Bertz CT molecular complexity index is 443. The second-order valence-electron chi connectivity index (χ2n) is 6.29. The molecule has 0 radical (unpaired) electrons. The molecule has 0 aromatic heterocycles. The van der Waals surface area contributed by atoms with Gasteiger partial charge in [-0.15, -0.1) is 0 Å². The Hall–Kier alpha value is -1.44. The molecule has 0 saturated carbocycles. The van der Waals surface area contributed by atoms with E-state index in [0.717, 1.165) is 18.5 Å². The lowest BCUT2D eigenvalue weighted by Gasteiger charge is -2.33. The predicted octanol–water partition coefficient (Wildman–Crippen LogP) is 5.72. The number of unbranched alkanes of at least 4 members (excludes halogenated alkanes) is 1. The Morgan fingerprint density at radius 2 is 1.95 bits per heavy atom. The molecule has 1 N–H and O–H groups in total. The molecule has 0 aliphatic carbocycles. The summed E-state index contributed by atoms with van der Waals surface area (Å²) in [5, 5.41) is 3.81. The predicted molar refractivity (Wildman–Crippen MR) is 98.2 cm³/mol. The molecule has 0 fully saturated rings. The molecule has 1 aliphatic rings. The second-order valence-corrected chi connectivity index (χ2v) is 6.29. The molecular formula is C20H34N2. The van der Waals surface area contributed by atoms with Crippen LogP contribution in [-0.2, 0) is 0 Å². The zero-order valence-electron chi connectivity index (χ0n) is 15.2. The molecule has 0 amide bonds. The molecule has 2 atom stereocenters. The van der Waals surface area contributed by atoms with E-state index in [-0.39, 0.29) is 0 Å². The minimum absolute atomic E-state index is 0.529. The lowest BCUT2D eigenvalue weighted by Crippen LogP contribution is -2.36. The van der Waals surface area contributed by atoms with Gasteiger partial charge in [0, 0.05) is 17.9 Å². The Morgan fingerprint density at radius 1 is 1.23 bits per heavy atom. The molecule has 2 unspecified atom stereocenters. The molecule has 1 heterocycles. The first-order valence-corrected chi connectivity index (χ1v) is 8.85. The lowest BCUT2D eigenvalue weighted by atomic mass is 9.98. The highest BCUT2D eigenvalue weighted by Crippen LogP contribution is 2.25. The maximum atomic E-state index is 4.19. The van der Waals surface area contributed by atoms with E-state index in [1.54, 1.807) is 0 Å². The number of allylic oxidation sites excluding steroid dienone is 4. The summed E-state index contributed by atoms with van der Waals surface area (Å²) in [5.41, 5.74) is 2.44. The third kappa shape index (κ3) is 5.08. The van der Waals surface area contributed by atoms with Gasteiger partial charge in [0.05, 0.1) is 0 Å². The maximum Gasteiger partial charge on any atom is 0.109 e. The van der Waals surface area contributed by atoms with Gasteiger partial charge in [-0.25, -0.2) is 0 Å². The van der Waals surface area contributed by atoms with Gasteiger partial charge in [0.25, 0.3) is 0 Å². The van der Waals surface area contributed by atoms with Crippen LogP contribution in [-0.4, -0.2) is 10.9 Å². The average Bonchev–Trinajstić information content (AvgIpc) is 2.54. The topological polar surface area (TPSA) is 15.3 Å². The molecule has 1 aliphatic heterocycles. The summed E-state index contributed by atoms with van der Waals surface area (Å²) in [4.78, 5) is 2.20. The Balaban J connectivity index is 3.03. The number of hydrogen-bond donors (Lipinski definition) is 1. The van der Waals surface area contributed by atoms with Gasteiger partial charge in [0.2, 0.25) is 0 Å². The summed E-state index contributed by atoms with van der Waals surface area (Å²) in [6, 6.07) is 0.529. The average molecular weight is 303 g/mol. The molecule has 1 rings (SSSR count). The van der Waals surface area contributed by atoms with Crippen LogP contribution in [0.25, 0.3) is 0 Å². The van der Waals surface area contributed by atoms with Gasteiger partial charge >= 0.3 is 0 Å².